The fraction of sp³-hybridized carbons (Fsp3) is 0.409. The van der Waals surface area contributed by atoms with Gasteiger partial charge in [0.25, 0.3) is 15.9 Å². The predicted octanol–water partition coefficient (Wildman–Crippen LogP) is 4.61. The molecule has 1 amide bonds. The maximum atomic E-state index is 12.6. The monoisotopic (exact) mass is 402 g/mol. The number of aryl methyl sites for hydroxylation is 2. The van der Waals surface area contributed by atoms with Gasteiger partial charge in [-0.05, 0) is 80.6 Å². The Bertz CT molecular complexity index is 935. The molecule has 0 fully saturated rings. The average Bonchev–Trinajstić information content (AvgIpc) is 2.62. The molecule has 0 heterocycles. The summed E-state index contributed by atoms with van der Waals surface area (Å²) in [5.41, 5.74) is 2.92. The molecule has 0 saturated carbocycles. The molecule has 1 atom stereocenters. The molecule has 0 aliphatic carbocycles. The van der Waals surface area contributed by atoms with Crippen LogP contribution in [-0.4, -0.2) is 32.3 Å². The van der Waals surface area contributed by atoms with Gasteiger partial charge >= 0.3 is 0 Å². The number of amides is 1. The Labute approximate surface area is 168 Å². The molecule has 5 nitrogen and oxygen atoms in total. The van der Waals surface area contributed by atoms with Gasteiger partial charge in [-0.1, -0.05) is 19.9 Å². The van der Waals surface area contributed by atoms with Gasteiger partial charge in [0.2, 0.25) is 0 Å². The van der Waals surface area contributed by atoms with Gasteiger partial charge in [-0.3, -0.25) is 9.52 Å². The lowest BCUT2D eigenvalue weighted by Crippen LogP contribution is -2.35. The number of rotatable bonds is 7. The molecule has 152 valence electrons. The standard InChI is InChI=1S/C22H30N2O3S/c1-15(2)13-18(5)24(6)22(25)19-8-10-20(11-9-19)23-28(26,27)21-12-7-16(3)17(4)14-21/h7-12,14-15,18,23H,13H2,1-6H3. The normalized spacial score (nSPS) is 12.7. The summed E-state index contributed by atoms with van der Waals surface area (Å²) in [4.78, 5) is 14.6. The maximum absolute atomic E-state index is 12.6. The highest BCUT2D eigenvalue weighted by molar-refractivity contribution is 7.92. The molecule has 0 radical (unpaired) electrons. The van der Waals surface area contributed by atoms with E-state index in [9.17, 15) is 13.2 Å². The van der Waals surface area contributed by atoms with E-state index in [1.807, 2.05) is 20.8 Å². The minimum Gasteiger partial charge on any atom is -0.339 e. The van der Waals surface area contributed by atoms with Gasteiger partial charge in [0.05, 0.1) is 4.90 Å². The summed E-state index contributed by atoms with van der Waals surface area (Å²) in [6, 6.07) is 11.7. The lowest BCUT2D eigenvalue weighted by Gasteiger charge is -2.26. The number of sulfonamides is 1. The quantitative estimate of drug-likeness (QED) is 0.735. The summed E-state index contributed by atoms with van der Waals surface area (Å²) in [7, 11) is -1.88. The number of carbonyl (C=O) groups is 1. The zero-order valence-electron chi connectivity index (χ0n) is 17.5. The van der Waals surface area contributed by atoms with Crippen molar-refractivity contribution >= 4 is 21.6 Å². The minimum atomic E-state index is -3.67. The van der Waals surface area contributed by atoms with E-state index in [1.54, 1.807) is 54.4 Å². The summed E-state index contributed by atoms with van der Waals surface area (Å²) < 4.78 is 27.8. The number of nitrogens with zero attached hydrogens (tertiary/aromatic N) is 1. The Hall–Kier alpha value is -2.34. The molecule has 2 rings (SSSR count). The Morgan fingerprint density at radius 2 is 1.61 bits per heavy atom. The fourth-order valence-corrected chi connectivity index (χ4v) is 4.16. The third-order valence-electron chi connectivity index (χ3n) is 4.97. The summed E-state index contributed by atoms with van der Waals surface area (Å²) in [6.45, 7) is 10.1. The third-order valence-corrected chi connectivity index (χ3v) is 6.35. The second-order valence-corrected chi connectivity index (χ2v) is 9.51. The Morgan fingerprint density at radius 3 is 2.14 bits per heavy atom. The van der Waals surface area contributed by atoms with E-state index in [-0.39, 0.29) is 16.8 Å². The number of anilines is 1. The van der Waals surface area contributed by atoms with E-state index in [0.29, 0.717) is 17.2 Å². The van der Waals surface area contributed by atoms with Crippen LogP contribution in [0.15, 0.2) is 47.4 Å². The zero-order valence-corrected chi connectivity index (χ0v) is 18.3. The lowest BCUT2D eigenvalue weighted by molar-refractivity contribution is 0.0728. The van der Waals surface area contributed by atoms with Crippen LogP contribution in [0.5, 0.6) is 0 Å². The number of carbonyl (C=O) groups excluding carboxylic acids is 1. The smallest absolute Gasteiger partial charge is 0.261 e. The zero-order chi connectivity index (χ0) is 21.1. The van der Waals surface area contributed by atoms with E-state index in [2.05, 4.69) is 18.6 Å². The van der Waals surface area contributed by atoms with E-state index in [4.69, 9.17) is 0 Å². The van der Waals surface area contributed by atoms with E-state index in [0.717, 1.165) is 17.5 Å². The molecule has 1 N–H and O–H groups in total. The van der Waals surface area contributed by atoms with Gasteiger partial charge in [0.15, 0.2) is 0 Å². The molecule has 0 spiro atoms. The Morgan fingerprint density at radius 1 is 1.00 bits per heavy atom. The van der Waals surface area contributed by atoms with Gasteiger partial charge in [-0.15, -0.1) is 0 Å². The first-order valence-electron chi connectivity index (χ1n) is 9.48. The molecular formula is C22H30N2O3S. The summed E-state index contributed by atoms with van der Waals surface area (Å²) >= 11 is 0. The molecule has 0 aliphatic heterocycles. The van der Waals surface area contributed by atoms with Crippen LogP contribution in [0, 0.1) is 19.8 Å². The topological polar surface area (TPSA) is 66.5 Å². The van der Waals surface area contributed by atoms with Gasteiger partial charge in [0.1, 0.15) is 0 Å². The summed E-state index contributed by atoms with van der Waals surface area (Å²) in [6.07, 6.45) is 0.927. The Balaban J connectivity index is 2.13. The second kappa shape index (κ2) is 8.78. The fourth-order valence-electron chi connectivity index (χ4n) is 3.02. The van der Waals surface area contributed by atoms with Crippen LogP contribution in [0.4, 0.5) is 5.69 Å². The van der Waals surface area contributed by atoms with Crippen molar-refractivity contribution in [3.8, 4) is 0 Å². The van der Waals surface area contributed by atoms with Crippen LogP contribution in [0.3, 0.4) is 0 Å². The van der Waals surface area contributed by atoms with Crippen molar-refractivity contribution in [2.45, 2.75) is 52.0 Å². The van der Waals surface area contributed by atoms with Crippen molar-refractivity contribution in [2.75, 3.05) is 11.8 Å². The van der Waals surface area contributed by atoms with Crippen LogP contribution in [-0.2, 0) is 10.0 Å². The van der Waals surface area contributed by atoms with Crippen molar-refractivity contribution in [1.29, 1.82) is 0 Å². The van der Waals surface area contributed by atoms with Crippen molar-refractivity contribution in [2.24, 2.45) is 5.92 Å². The van der Waals surface area contributed by atoms with E-state index in [1.165, 1.54) is 0 Å². The molecule has 2 aromatic rings. The maximum Gasteiger partial charge on any atom is 0.261 e. The minimum absolute atomic E-state index is 0.0725. The molecule has 28 heavy (non-hydrogen) atoms. The first kappa shape index (κ1) is 22.0. The van der Waals surface area contributed by atoms with Gasteiger partial charge in [0, 0.05) is 24.3 Å². The number of nitrogens with one attached hydrogen (secondary N) is 1. The van der Waals surface area contributed by atoms with Crippen LogP contribution in [0.1, 0.15) is 48.7 Å². The highest BCUT2D eigenvalue weighted by Gasteiger charge is 2.19. The van der Waals surface area contributed by atoms with Crippen molar-refractivity contribution in [1.82, 2.24) is 4.90 Å². The predicted molar refractivity (Wildman–Crippen MR) is 114 cm³/mol. The van der Waals surface area contributed by atoms with Gasteiger partial charge < -0.3 is 4.90 Å². The highest BCUT2D eigenvalue weighted by atomic mass is 32.2. The summed E-state index contributed by atoms with van der Waals surface area (Å²) in [5.74, 6) is 0.434. The first-order chi connectivity index (χ1) is 13.0. The second-order valence-electron chi connectivity index (χ2n) is 7.82. The molecule has 0 aliphatic rings. The molecule has 6 heteroatoms. The van der Waals surface area contributed by atoms with Crippen molar-refractivity contribution in [3.05, 3.63) is 59.2 Å². The lowest BCUT2D eigenvalue weighted by atomic mass is 10.0. The van der Waals surface area contributed by atoms with Crippen LogP contribution in [0.25, 0.3) is 0 Å². The van der Waals surface area contributed by atoms with Crippen LogP contribution >= 0.6 is 0 Å². The number of hydrogen-bond acceptors (Lipinski definition) is 3. The van der Waals surface area contributed by atoms with Crippen molar-refractivity contribution < 1.29 is 13.2 Å². The van der Waals surface area contributed by atoms with Crippen molar-refractivity contribution in [3.63, 3.8) is 0 Å². The molecule has 0 saturated heterocycles. The largest absolute Gasteiger partial charge is 0.339 e. The van der Waals surface area contributed by atoms with E-state index >= 15 is 0 Å². The molecule has 0 aromatic heterocycles. The number of hydrogen-bond donors (Lipinski definition) is 1. The SMILES string of the molecule is Cc1ccc(S(=O)(=O)Nc2ccc(C(=O)N(C)C(C)CC(C)C)cc2)cc1C. The van der Waals surface area contributed by atoms with Gasteiger partial charge in [-0.25, -0.2) is 8.42 Å². The molecule has 1 unspecified atom stereocenters. The average molecular weight is 403 g/mol. The van der Waals surface area contributed by atoms with Crippen LogP contribution in [0.2, 0.25) is 0 Å². The third kappa shape index (κ3) is 5.35. The van der Waals surface area contributed by atoms with Gasteiger partial charge in [-0.2, -0.15) is 0 Å². The first-order valence-corrected chi connectivity index (χ1v) is 11.0. The molecule has 0 bridgehead atoms. The summed E-state index contributed by atoms with van der Waals surface area (Å²) in [5, 5.41) is 0. The number of benzene rings is 2. The molecule has 2 aromatic carbocycles. The van der Waals surface area contributed by atoms with E-state index < -0.39 is 10.0 Å². The molecular weight excluding hydrogens is 372 g/mol. The Kier molecular flexibility index (Phi) is 6.88. The highest BCUT2D eigenvalue weighted by Crippen LogP contribution is 2.20. The van der Waals surface area contributed by atoms with Crippen LogP contribution < -0.4 is 4.72 Å².